The molecule has 0 aromatic heterocycles. The van der Waals surface area contributed by atoms with Gasteiger partial charge in [-0.05, 0) is 62.1 Å². The van der Waals surface area contributed by atoms with Crippen LogP contribution >= 0.6 is 11.6 Å². The zero-order valence-electron chi connectivity index (χ0n) is 24.5. The number of rotatable bonds is 11. The van der Waals surface area contributed by atoms with E-state index in [2.05, 4.69) is 5.32 Å². The van der Waals surface area contributed by atoms with Gasteiger partial charge in [0.2, 0.25) is 11.8 Å². The van der Waals surface area contributed by atoms with Crippen LogP contribution in [0.3, 0.4) is 0 Å². The molecule has 1 aliphatic carbocycles. The molecule has 2 amide bonds. The lowest BCUT2D eigenvalue weighted by Crippen LogP contribution is -2.53. The van der Waals surface area contributed by atoms with Crippen molar-refractivity contribution in [3.05, 3.63) is 94.5 Å². The summed E-state index contributed by atoms with van der Waals surface area (Å²) in [4.78, 5) is 28.8. The second-order valence-corrected chi connectivity index (χ2v) is 13.2. The average molecular weight is 650 g/mol. The Labute approximate surface area is 261 Å². The van der Waals surface area contributed by atoms with Gasteiger partial charge in [0.1, 0.15) is 12.6 Å². The molecule has 4 rings (SSSR count). The Kier molecular flexibility index (Phi) is 10.6. The van der Waals surface area contributed by atoms with Crippen molar-refractivity contribution in [3.63, 3.8) is 0 Å². The summed E-state index contributed by atoms with van der Waals surface area (Å²) in [6.07, 6.45) is -0.952. The van der Waals surface area contributed by atoms with Crippen molar-refractivity contribution in [1.82, 2.24) is 10.2 Å². The summed E-state index contributed by atoms with van der Waals surface area (Å²) >= 11 is 6.32. The molecule has 1 atom stereocenters. The van der Waals surface area contributed by atoms with Crippen LogP contribution in [0.4, 0.5) is 18.9 Å². The number of nitrogens with one attached hydrogen (secondary N) is 1. The van der Waals surface area contributed by atoms with E-state index in [1.54, 1.807) is 25.1 Å². The highest BCUT2D eigenvalue weighted by atomic mass is 35.5. The van der Waals surface area contributed by atoms with Gasteiger partial charge in [0.05, 0.1) is 21.2 Å². The summed E-state index contributed by atoms with van der Waals surface area (Å²) in [5.74, 6) is -1.14. The molecule has 0 bridgehead atoms. The third kappa shape index (κ3) is 7.92. The number of hydrogen-bond acceptors (Lipinski definition) is 4. The molecule has 0 heterocycles. The van der Waals surface area contributed by atoms with Gasteiger partial charge >= 0.3 is 6.18 Å². The second kappa shape index (κ2) is 14.0. The predicted octanol–water partition coefficient (Wildman–Crippen LogP) is 6.73. The number of amides is 2. The number of aryl methyl sites for hydroxylation is 1. The van der Waals surface area contributed by atoms with E-state index in [4.69, 9.17) is 11.6 Å². The van der Waals surface area contributed by atoms with Crippen molar-refractivity contribution in [2.24, 2.45) is 0 Å². The lowest BCUT2D eigenvalue weighted by molar-refractivity contribution is -0.140. The normalized spacial score (nSPS) is 14.7. The molecule has 236 valence electrons. The number of alkyl halides is 3. The molecule has 3 aromatic carbocycles. The fourth-order valence-electron chi connectivity index (χ4n) is 5.29. The topological polar surface area (TPSA) is 86.8 Å². The van der Waals surface area contributed by atoms with E-state index in [-0.39, 0.29) is 34.8 Å². The van der Waals surface area contributed by atoms with Crippen LogP contribution in [-0.4, -0.2) is 43.8 Å². The number of halogens is 4. The van der Waals surface area contributed by atoms with Gasteiger partial charge in [-0.15, -0.1) is 0 Å². The van der Waals surface area contributed by atoms with Gasteiger partial charge < -0.3 is 10.2 Å². The summed E-state index contributed by atoms with van der Waals surface area (Å²) in [6, 6.07) is 15.7. The van der Waals surface area contributed by atoms with Gasteiger partial charge in [-0.2, -0.15) is 13.2 Å². The van der Waals surface area contributed by atoms with E-state index in [1.807, 2.05) is 19.1 Å². The van der Waals surface area contributed by atoms with Crippen molar-refractivity contribution >= 4 is 39.1 Å². The quantitative estimate of drug-likeness (QED) is 0.250. The third-order valence-corrected chi connectivity index (χ3v) is 9.81. The van der Waals surface area contributed by atoms with Crippen LogP contribution in [0.15, 0.2) is 77.7 Å². The van der Waals surface area contributed by atoms with Crippen molar-refractivity contribution in [2.45, 2.75) is 75.7 Å². The van der Waals surface area contributed by atoms with E-state index >= 15 is 0 Å². The van der Waals surface area contributed by atoms with Gasteiger partial charge in [-0.25, -0.2) is 8.42 Å². The number of anilines is 1. The maximum absolute atomic E-state index is 14.2. The smallest absolute Gasteiger partial charge is 0.352 e. The Hall–Kier alpha value is -3.57. The summed E-state index contributed by atoms with van der Waals surface area (Å²) in [5.41, 5.74) is 0.0523. The Balaban J connectivity index is 1.78. The average Bonchev–Trinajstić information content (AvgIpc) is 3.50. The first kappa shape index (κ1) is 33.3. The highest BCUT2D eigenvalue weighted by Gasteiger charge is 2.37. The van der Waals surface area contributed by atoms with Gasteiger partial charge in [0, 0.05) is 12.6 Å². The Morgan fingerprint density at radius 2 is 1.64 bits per heavy atom. The SMILES string of the molecule is CCC(C(=O)NC1CCCC1)N(Cc1ccc(C)cc1)C(=O)CN(c1cc(C(F)(F)F)ccc1Cl)S(=O)(=O)c1ccccc1. The summed E-state index contributed by atoms with van der Waals surface area (Å²) in [7, 11) is -4.58. The van der Waals surface area contributed by atoms with Crippen molar-refractivity contribution < 1.29 is 31.2 Å². The molecule has 1 aliphatic rings. The van der Waals surface area contributed by atoms with Gasteiger partial charge in [-0.1, -0.05) is 79.4 Å². The highest BCUT2D eigenvalue weighted by molar-refractivity contribution is 7.92. The lowest BCUT2D eigenvalue weighted by Gasteiger charge is -2.34. The van der Waals surface area contributed by atoms with Crippen LogP contribution in [0.5, 0.6) is 0 Å². The Morgan fingerprint density at radius 1 is 1.00 bits per heavy atom. The fraction of sp³-hybridized carbons (Fsp3) is 0.375. The molecule has 0 spiro atoms. The zero-order chi connectivity index (χ0) is 32.1. The van der Waals surface area contributed by atoms with Crippen LogP contribution in [0.25, 0.3) is 0 Å². The highest BCUT2D eigenvalue weighted by Crippen LogP contribution is 2.37. The van der Waals surface area contributed by atoms with Gasteiger partial charge in [-0.3, -0.25) is 13.9 Å². The summed E-state index contributed by atoms with van der Waals surface area (Å²) in [5, 5.41) is 2.73. The molecule has 1 unspecified atom stereocenters. The van der Waals surface area contributed by atoms with E-state index < -0.39 is 45.9 Å². The summed E-state index contributed by atoms with van der Waals surface area (Å²) < 4.78 is 69.6. The van der Waals surface area contributed by atoms with E-state index in [9.17, 15) is 31.2 Å². The van der Waals surface area contributed by atoms with Crippen molar-refractivity contribution in [2.75, 3.05) is 10.8 Å². The molecule has 0 radical (unpaired) electrons. The van der Waals surface area contributed by atoms with Crippen LogP contribution in [0.1, 0.15) is 55.7 Å². The Bertz CT molecular complexity index is 1560. The number of sulfonamides is 1. The van der Waals surface area contributed by atoms with E-state index in [0.29, 0.717) is 15.9 Å². The van der Waals surface area contributed by atoms with E-state index in [0.717, 1.165) is 43.4 Å². The van der Waals surface area contributed by atoms with Gasteiger partial charge in [0.25, 0.3) is 10.0 Å². The molecule has 0 saturated heterocycles. The monoisotopic (exact) mass is 649 g/mol. The molecule has 1 N–H and O–H groups in total. The minimum atomic E-state index is -4.80. The zero-order valence-corrected chi connectivity index (χ0v) is 26.1. The molecular weight excluding hydrogens is 615 g/mol. The first-order valence-corrected chi connectivity index (χ1v) is 16.2. The number of benzene rings is 3. The minimum Gasteiger partial charge on any atom is -0.352 e. The largest absolute Gasteiger partial charge is 0.416 e. The van der Waals surface area contributed by atoms with Crippen LogP contribution in [-0.2, 0) is 32.3 Å². The van der Waals surface area contributed by atoms with Crippen LogP contribution in [0, 0.1) is 6.92 Å². The molecule has 7 nitrogen and oxygen atoms in total. The van der Waals surface area contributed by atoms with Crippen LogP contribution < -0.4 is 9.62 Å². The first-order chi connectivity index (χ1) is 20.8. The minimum absolute atomic E-state index is 0.0215. The van der Waals surface area contributed by atoms with Gasteiger partial charge in [0.15, 0.2) is 0 Å². The number of carbonyl (C=O) groups is 2. The lowest BCUT2D eigenvalue weighted by atomic mass is 10.1. The molecular formula is C32H35ClF3N3O4S. The maximum Gasteiger partial charge on any atom is 0.416 e. The van der Waals surface area contributed by atoms with E-state index in [1.165, 1.54) is 29.2 Å². The molecule has 1 saturated carbocycles. The molecule has 0 aliphatic heterocycles. The predicted molar refractivity (Wildman–Crippen MR) is 164 cm³/mol. The standard InChI is InChI=1S/C32H35ClF3N3O4S/c1-3-28(31(41)37-25-9-7-8-10-25)38(20-23-15-13-22(2)14-16-23)30(40)21-39(44(42,43)26-11-5-4-6-12-26)29-19-24(32(34,35)36)17-18-27(29)33/h4-6,11-19,25,28H,3,7-10,20-21H2,1-2H3,(H,37,41). The second-order valence-electron chi connectivity index (χ2n) is 10.9. The molecule has 3 aromatic rings. The van der Waals surface area contributed by atoms with Crippen LogP contribution in [0.2, 0.25) is 5.02 Å². The summed E-state index contributed by atoms with van der Waals surface area (Å²) in [6.45, 7) is 2.74. The molecule has 12 heteroatoms. The molecule has 44 heavy (non-hydrogen) atoms. The first-order valence-electron chi connectivity index (χ1n) is 14.4. The number of nitrogens with zero attached hydrogens (tertiary/aromatic N) is 2. The Morgan fingerprint density at radius 3 is 2.23 bits per heavy atom. The maximum atomic E-state index is 14.2. The van der Waals surface area contributed by atoms with Crippen molar-refractivity contribution in [3.8, 4) is 0 Å². The number of hydrogen-bond donors (Lipinski definition) is 1. The number of carbonyl (C=O) groups excluding carboxylic acids is 2. The fourth-order valence-corrected chi connectivity index (χ4v) is 7.01. The van der Waals surface area contributed by atoms with Crippen molar-refractivity contribution in [1.29, 1.82) is 0 Å². The third-order valence-electron chi connectivity index (χ3n) is 7.71. The molecule has 1 fully saturated rings.